The van der Waals surface area contributed by atoms with E-state index in [9.17, 15) is 40.0 Å². The molecule has 3 heterocycles. The maximum Gasteiger partial charge on any atom is 0.426 e. The van der Waals surface area contributed by atoms with Gasteiger partial charge in [-0.1, -0.05) is 19.1 Å². The van der Waals surface area contributed by atoms with Crippen molar-refractivity contribution in [3.05, 3.63) is 78.5 Å². The van der Waals surface area contributed by atoms with Gasteiger partial charge in [0.05, 0.1) is 28.9 Å². The molecule has 256 valence electrons. The molecule has 2 aliphatic rings. The van der Waals surface area contributed by atoms with Crippen molar-refractivity contribution in [1.82, 2.24) is 8.87 Å². The third-order valence-corrected chi connectivity index (χ3v) is 9.92. The number of hydrogen-bond acceptors (Lipinski definition) is 8. The van der Waals surface area contributed by atoms with Crippen LogP contribution in [-0.2, 0) is 39.2 Å². The molecule has 0 spiro atoms. The minimum atomic E-state index is -4.68. The summed E-state index contributed by atoms with van der Waals surface area (Å²) in [6.45, 7) is 2.93. The van der Waals surface area contributed by atoms with Crippen LogP contribution >= 0.6 is 12.0 Å². The summed E-state index contributed by atoms with van der Waals surface area (Å²) in [5, 5.41) is 15.8. The number of halogens is 6. The Balaban J connectivity index is 1.60. The van der Waals surface area contributed by atoms with Crippen LogP contribution in [0.5, 0.6) is 0 Å². The van der Waals surface area contributed by atoms with Gasteiger partial charge < -0.3 is 10.2 Å². The van der Waals surface area contributed by atoms with Crippen LogP contribution in [0.25, 0.3) is 17.1 Å². The molecule has 5 rings (SSSR count). The average molecular weight is 716 g/mol. The molecule has 18 heteroatoms. The van der Waals surface area contributed by atoms with Gasteiger partial charge >= 0.3 is 12.4 Å². The lowest BCUT2D eigenvalue weighted by Gasteiger charge is -2.25. The Bertz CT molecular complexity index is 1940. The summed E-state index contributed by atoms with van der Waals surface area (Å²) in [7, 11) is -2.43. The zero-order valence-corrected chi connectivity index (χ0v) is 26.7. The second kappa shape index (κ2) is 13.9. The summed E-state index contributed by atoms with van der Waals surface area (Å²) >= 11 is 0.271. The standard InChI is InChI=1S/C30H27F6N5O5S2/c1-3-39-24-12-10-21(30(34,35)36)18-25(24)40(16-17-47-46-45-42)28(39)9-7-8-27-37(2)23-13-11-22(19-26(23)41(27)20-29(31,32)33)48(43,44)38-14-5-4-6-15-38/h3,7-13,18-19H,1,4-6,14-15,20H2,2H3. The lowest BCUT2D eigenvalue weighted by molar-refractivity contribution is -0.776. The predicted octanol–water partition coefficient (Wildman–Crippen LogP) is 5.34. The zero-order chi connectivity index (χ0) is 34.9. The highest BCUT2D eigenvalue weighted by Gasteiger charge is 2.38. The minimum absolute atomic E-state index is 0.000276. The number of nitrogens with zero attached hydrogens (tertiary/aromatic N) is 5. The highest BCUT2D eigenvalue weighted by molar-refractivity contribution is 7.99. The summed E-state index contributed by atoms with van der Waals surface area (Å²) < 4.78 is 117. The Morgan fingerprint density at radius 1 is 1.06 bits per heavy atom. The average Bonchev–Trinajstić information content (AvgIpc) is 3.47. The van der Waals surface area contributed by atoms with E-state index in [1.807, 2.05) is 0 Å². The molecular weight excluding hydrogens is 688 g/mol. The van der Waals surface area contributed by atoms with E-state index in [0.717, 1.165) is 28.0 Å². The van der Waals surface area contributed by atoms with E-state index >= 15 is 0 Å². The molecular formula is C30H27F6N5O5S2. The van der Waals surface area contributed by atoms with Crippen LogP contribution in [-0.4, -0.2) is 36.6 Å². The molecule has 0 aliphatic carbocycles. The first kappa shape index (κ1) is 35.3. The van der Waals surface area contributed by atoms with Gasteiger partial charge in [0.2, 0.25) is 10.0 Å². The molecule has 48 heavy (non-hydrogen) atoms. The highest BCUT2D eigenvalue weighted by Crippen LogP contribution is 2.44. The van der Waals surface area contributed by atoms with Crippen LogP contribution in [0.1, 0.15) is 30.7 Å². The predicted molar refractivity (Wildman–Crippen MR) is 163 cm³/mol. The molecule has 2 aliphatic heterocycles. The quantitative estimate of drug-likeness (QED) is 0.0588. The summed E-state index contributed by atoms with van der Waals surface area (Å²) in [5.74, 6) is 0.184. The number of alkyl halides is 6. The van der Waals surface area contributed by atoms with Crippen molar-refractivity contribution >= 4 is 50.6 Å². The van der Waals surface area contributed by atoms with Gasteiger partial charge in [-0.2, -0.15) is 35.0 Å². The van der Waals surface area contributed by atoms with Crippen molar-refractivity contribution in [2.75, 3.05) is 22.9 Å². The molecule has 0 radical (unpaired) electrons. The van der Waals surface area contributed by atoms with Crippen LogP contribution in [0.2, 0.25) is 0 Å². The number of allylic oxidation sites excluding steroid dienone is 2. The maximum absolute atomic E-state index is 13.9. The fourth-order valence-corrected chi connectivity index (χ4v) is 7.34. The van der Waals surface area contributed by atoms with E-state index < -0.39 is 34.5 Å². The summed E-state index contributed by atoms with van der Waals surface area (Å²) in [6.07, 6.45) is -1.68. The number of aryl methyl sites for hydroxylation is 1. The van der Waals surface area contributed by atoms with Crippen LogP contribution in [0.3, 0.4) is 0 Å². The molecule has 2 aromatic carbocycles. The normalized spacial score (nSPS) is 17.0. The Labute approximate surface area is 275 Å². The van der Waals surface area contributed by atoms with Gasteiger partial charge in [-0.05, 0) is 49.2 Å². The number of piperidine rings is 1. The fourth-order valence-electron chi connectivity index (χ4n) is 5.61. The largest absolute Gasteiger partial charge is 0.691 e. The Kier molecular flexibility index (Phi) is 10.2. The lowest BCUT2D eigenvalue weighted by Crippen LogP contribution is -2.35. The lowest BCUT2D eigenvalue weighted by atomic mass is 10.1. The van der Waals surface area contributed by atoms with Crippen molar-refractivity contribution in [3.8, 4) is 11.3 Å². The molecule has 0 bridgehead atoms. The number of rotatable bonds is 8. The summed E-state index contributed by atoms with van der Waals surface area (Å²) in [5.41, 5.74) is -0.344. The van der Waals surface area contributed by atoms with Crippen LogP contribution in [0, 0.1) is 11.3 Å². The number of fused-ring (bicyclic) bond motifs is 2. The van der Waals surface area contributed by atoms with Gasteiger partial charge in [-0.25, -0.2) is 17.6 Å². The monoisotopic (exact) mass is 715 g/mol. The number of anilines is 2. The molecule has 0 N–H and O–H groups in total. The van der Waals surface area contributed by atoms with Gasteiger partial charge in [0.15, 0.2) is 17.6 Å². The first-order valence-electron chi connectivity index (χ1n) is 14.2. The van der Waals surface area contributed by atoms with Gasteiger partial charge in [-0.15, -0.1) is 0 Å². The van der Waals surface area contributed by atoms with Crippen molar-refractivity contribution in [1.29, 1.82) is 0 Å². The topological polar surface area (TPSA) is 94.2 Å². The molecule has 1 fully saturated rings. The van der Waals surface area contributed by atoms with Gasteiger partial charge in [-0.3, -0.25) is 9.94 Å². The van der Waals surface area contributed by atoms with E-state index in [4.69, 9.17) is 0 Å². The number of aromatic nitrogens is 2. The number of benzene rings is 2. The van der Waals surface area contributed by atoms with E-state index in [2.05, 4.69) is 27.2 Å². The van der Waals surface area contributed by atoms with Crippen molar-refractivity contribution in [3.63, 3.8) is 0 Å². The second-order valence-corrected chi connectivity index (χ2v) is 13.1. The Hall–Kier alpha value is -3.99. The van der Waals surface area contributed by atoms with Gasteiger partial charge in [0.1, 0.15) is 17.9 Å². The summed E-state index contributed by atoms with van der Waals surface area (Å²) in [6, 6.07) is 9.54. The fraction of sp³-hybridized carbons (Fsp3) is 0.300. The minimum Gasteiger partial charge on any atom is -0.691 e. The summed E-state index contributed by atoms with van der Waals surface area (Å²) in [4.78, 5) is 2.44. The first-order chi connectivity index (χ1) is 22.7. The van der Waals surface area contributed by atoms with E-state index in [0.29, 0.717) is 31.4 Å². The van der Waals surface area contributed by atoms with Gasteiger partial charge in [0, 0.05) is 42.7 Å². The Morgan fingerprint density at radius 2 is 1.79 bits per heavy atom. The van der Waals surface area contributed by atoms with Crippen molar-refractivity contribution in [2.24, 2.45) is 7.05 Å². The molecule has 1 aromatic heterocycles. The molecule has 0 atom stereocenters. The number of sulfonamides is 1. The van der Waals surface area contributed by atoms with Crippen molar-refractivity contribution in [2.45, 2.75) is 43.1 Å². The number of imidazole rings is 1. The third-order valence-electron chi connectivity index (χ3n) is 7.72. The van der Waals surface area contributed by atoms with Crippen LogP contribution in [0.15, 0.2) is 72.0 Å². The van der Waals surface area contributed by atoms with Crippen LogP contribution < -0.4 is 19.6 Å². The second-order valence-electron chi connectivity index (χ2n) is 10.6. The SMILES string of the molecule is C=CN1/C(=C\C=C\c2n(CC(F)(F)F)c3cc(S(=O)(=O)N4CCCCC4)ccc3[n+]2C)N(C#CSOO[O-])c2cc(C(F)(F)F)ccc21. The molecule has 1 saturated heterocycles. The zero-order valence-electron chi connectivity index (χ0n) is 25.1. The molecule has 3 aromatic rings. The molecule has 0 saturated carbocycles. The van der Waals surface area contributed by atoms with Crippen LogP contribution in [0.4, 0.5) is 37.7 Å². The van der Waals surface area contributed by atoms with Gasteiger partial charge in [0.25, 0.3) is 5.82 Å². The highest BCUT2D eigenvalue weighted by atomic mass is 32.2. The van der Waals surface area contributed by atoms with Crippen molar-refractivity contribution < 1.29 is 54.0 Å². The third kappa shape index (κ3) is 7.21. The Morgan fingerprint density at radius 3 is 2.44 bits per heavy atom. The molecule has 0 unspecified atom stereocenters. The van der Waals surface area contributed by atoms with E-state index in [1.54, 1.807) is 0 Å². The first-order valence-corrected chi connectivity index (χ1v) is 16.4. The smallest absolute Gasteiger partial charge is 0.426 e. The van der Waals surface area contributed by atoms with E-state index in [-0.39, 0.29) is 45.5 Å². The maximum atomic E-state index is 13.9. The molecule has 10 nitrogen and oxygen atoms in total. The molecule has 0 amide bonds. The number of hydrogen-bond donors (Lipinski definition) is 0. The van der Waals surface area contributed by atoms with E-state index in [1.165, 1.54) is 69.5 Å².